The van der Waals surface area contributed by atoms with Crippen LogP contribution < -0.4 is 10.2 Å². The first-order valence-electron chi connectivity index (χ1n) is 7.36. The predicted molar refractivity (Wildman–Crippen MR) is 82.3 cm³/mol. The van der Waals surface area contributed by atoms with E-state index < -0.39 is 0 Å². The highest BCUT2D eigenvalue weighted by atomic mass is 16.5. The van der Waals surface area contributed by atoms with Crippen LogP contribution in [0.3, 0.4) is 0 Å². The Labute approximate surface area is 126 Å². The number of aromatic nitrogens is 1. The van der Waals surface area contributed by atoms with Crippen molar-refractivity contribution in [3.8, 4) is 0 Å². The van der Waals surface area contributed by atoms with Crippen molar-refractivity contribution in [2.24, 2.45) is 0 Å². The molecule has 0 aliphatic carbocycles. The van der Waals surface area contributed by atoms with Gasteiger partial charge in [0.1, 0.15) is 5.82 Å². The van der Waals surface area contributed by atoms with Crippen LogP contribution in [-0.2, 0) is 16.1 Å². The molecule has 6 heteroatoms. The van der Waals surface area contributed by atoms with Crippen LogP contribution in [0.1, 0.15) is 12.5 Å². The third-order valence-corrected chi connectivity index (χ3v) is 3.69. The molecule has 0 spiro atoms. The number of carbonyl (C=O) groups excluding carboxylic acids is 1. The fraction of sp³-hybridized carbons (Fsp3) is 0.600. The Kier molecular flexibility index (Phi) is 5.95. The van der Waals surface area contributed by atoms with Gasteiger partial charge in [0.25, 0.3) is 0 Å². The van der Waals surface area contributed by atoms with E-state index in [0.717, 1.165) is 45.1 Å². The highest BCUT2D eigenvalue weighted by Crippen LogP contribution is 2.18. The summed E-state index contributed by atoms with van der Waals surface area (Å²) in [6.07, 6.45) is 1.82. The van der Waals surface area contributed by atoms with Gasteiger partial charge in [-0.15, -0.1) is 0 Å². The minimum Gasteiger partial charge on any atom is -0.383 e. The lowest BCUT2D eigenvalue weighted by Crippen LogP contribution is -2.48. The molecule has 6 nitrogen and oxygen atoms in total. The Morgan fingerprint density at radius 3 is 2.81 bits per heavy atom. The quantitative estimate of drug-likeness (QED) is 0.773. The second-order valence-corrected chi connectivity index (χ2v) is 5.15. The number of nitrogens with zero attached hydrogens (tertiary/aromatic N) is 3. The number of nitrogens with one attached hydrogen (secondary N) is 1. The van der Waals surface area contributed by atoms with E-state index in [0.29, 0.717) is 6.61 Å². The largest absolute Gasteiger partial charge is 0.383 e. The van der Waals surface area contributed by atoms with Crippen molar-refractivity contribution in [1.82, 2.24) is 15.2 Å². The van der Waals surface area contributed by atoms with Gasteiger partial charge in [0, 0.05) is 65.1 Å². The van der Waals surface area contributed by atoms with Crippen molar-refractivity contribution in [2.45, 2.75) is 13.5 Å². The van der Waals surface area contributed by atoms with Gasteiger partial charge in [0.05, 0.1) is 6.61 Å². The molecule has 21 heavy (non-hydrogen) atoms. The summed E-state index contributed by atoms with van der Waals surface area (Å²) in [4.78, 5) is 20.0. The van der Waals surface area contributed by atoms with Gasteiger partial charge in [0.15, 0.2) is 0 Å². The predicted octanol–water partition coefficient (Wildman–Crippen LogP) is 0.486. The lowest BCUT2D eigenvalue weighted by molar-refractivity contribution is -0.129. The molecule has 1 saturated heterocycles. The molecule has 0 radical (unpaired) electrons. The van der Waals surface area contributed by atoms with Crippen LogP contribution in [0.4, 0.5) is 5.82 Å². The Morgan fingerprint density at radius 1 is 1.38 bits per heavy atom. The second-order valence-electron chi connectivity index (χ2n) is 5.15. The zero-order valence-corrected chi connectivity index (χ0v) is 12.8. The zero-order chi connectivity index (χ0) is 15.1. The molecule has 1 aliphatic heterocycles. The summed E-state index contributed by atoms with van der Waals surface area (Å²) >= 11 is 0. The molecule has 0 unspecified atom stereocenters. The number of rotatable bonds is 6. The Balaban J connectivity index is 1.95. The average molecular weight is 292 g/mol. The fourth-order valence-corrected chi connectivity index (χ4v) is 2.48. The van der Waals surface area contributed by atoms with E-state index >= 15 is 0 Å². The molecule has 1 aromatic heterocycles. The molecule has 0 bridgehead atoms. The first-order chi connectivity index (χ1) is 10.2. The summed E-state index contributed by atoms with van der Waals surface area (Å²) in [6, 6.07) is 4.06. The second kappa shape index (κ2) is 7.95. The summed E-state index contributed by atoms with van der Waals surface area (Å²) in [5.41, 5.74) is 1.19. The van der Waals surface area contributed by atoms with E-state index in [1.807, 2.05) is 17.2 Å². The van der Waals surface area contributed by atoms with E-state index in [1.165, 1.54) is 5.56 Å². The van der Waals surface area contributed by atoms with Gasteiger partial charge in [-0.3, -0.25) is 4.79 Å². The minimum atomic E-state index is 0.150. The highest BCUT2D eigenvalue weighted by molar-refractivity contribution is 5.73. The molecule has 1 N–H and O–H groups in total. The number of hydrogen-bond donors (Lipinski definition) is 1. The molecule has 0 atom stereocenters. The third kappa shape index (κ3) is 4.41. The average Bonchev–Trinajstić information content (AvgIpc) is 2.52. The molecular formula is C15H24N4O2. The fourth-order valence-electron chi connectivity index (χ4n) is 2.48. The SMILES string of the molecule is COCCNCc1cccnc1N1CCN(C(C)=O)CC1. The normalized spacial score (nSPS) is 15.3. The van der Waals surface area contributed by atoms with Crippen molar-refractivity contribution in [2.75, 3.05) is 51.3 Å². The molecule has 2 rings (SSSR count). The molecule has 1 fully saturated rings. The van der Waals surface area contributed by atoms with Crippen LogP contribution >= 0.6 is 0 Å². The Morgan fingerprint density at radius 2 is 2.14 bits per heavy atom. The maximum absolute atomic E-state index is 11.4. The van der Waals surface area contributed by atoms with Gasteiger partial charge >= 0.3 is 0 Å². The summed E-state index contributed by atoms with van der Waals surface area (Å²) in [6.45, 7) is 7.13. The monoisotopic (exact) mass is 292 g/mol. The van der Waals surface area contributed by atoms with Crippen LogP contribution in [0, 0.1) is 0 Å². The van der Waals surface area contributed by atoms with Gasteiger partial charge < -0.3 is 19.9 Å². The van der Waals surface area contributed by atoms with E-state index in [-0.39, 0.29) is 5.91 Å². The Hall–Kier alpha value is -1.66. The molecule has 0 aromatic carbocycles. The Bertz CT molecular complexity index is 459. The van der Waals surface area contributed by atoms with Crippen molar-refractivity contribution in [3.63, 3.8) is 0 Å². The molecular weight excluding hydrogens is 268 g/mol. The first kappa shape index (κ1) is 15.7. The van der Waals surface area contributed by atoms with Crippen LogP contribution in [0.15, 0.2) is 18.3 Å². The van der Waals surface area contributed by atoms with Crippen molar-refractivity contribution in [1.29, 1.82) is 0 Å². The smallest absolute Gasteiger partial charge is 0.219 e. The number of pyridine rings is 1. The van der Waals surface area contributed by atoms with Crippen LogP contribution in [0.5, 0.6) is 0 Å². The molecule has 0 saturated carbocycles. The van der Waals surface area contributed by atoms with E-state index in [4.69, 9.17) is 4.74 Å². The zero-order valence-electron chi connectivity index (χ0n) is 12.8. The van der Waals surface area contributed by atoms with Crippen molar-refractivity contribution in [3.05, 3.63) is 23.9 Å². The maximum Gasteiger partial charge on any atom is 0.219 e. The number of piperazine rings is 1. The van der Waals surface area contributed by atoms with Crippen molar-refractivity contribution >= 4 is 11.7 Å². The van der Waals surface area contributed by atoms with Gasteiger partial charge in [-0.25, -0.2) is 4.98 Å². The number of anilines is 1. The van der Waals surface area contributed by atoms with Gasteiger partial charge in [0.2, 0.25) is 5.91 Å². The molecule has 116 valence electrons. The van der Waals surface area contributed by atoms with Gasteiger partial charge in [-0.2, -0.15) is 0 Å². The van der Waals surface area contributed by atoms with Crippen LogP contribution in [0.25, 0.3) is 0 Å². The van der Waals surface area contributed by atoms with Gasteiger partial charge in [-0.1, -0.05) is 6.07 Å². The number of carbonyl (C=O) groups is 1. The number of ether oxygens (including phenoxy) is 1. The summed E-state index contributed by atoms with van der Waals surface area (Å²) in [5, 5.41) is 3.35. The standard InChI is InChI=1S/C15H24N4O2/c1-13(20)18-7-9-19(10-8-18)15-14(4-3-5-17-15)12-16-6-11-21-2/h3-5,16H,6-12H2,1-2H3. The number of methoxy groups -OCH3 is 1. The lowest BCUT2D eigenvalue weighted by atomic mass is 10.2. The van der Waals surface area contributed by atoms with Crippen molar-refractivity contribution < 1.29 is 9.53 Å². The third-order valence-electron chi connectivity index (χ3n) is 3.69. The van der Waals surface area contributed by atoms with Crippen LogP contribution in [0.2, 0.25) is 0 Å². The number of hydrogen-bond acceptors (Lipinski definition) is 5. The minimum absolute atomic E-state index is 0.150. The maximum atomic E-state index is 11.4. The summed E-state index contributed by atoms with van der Waals surface area (Å²) in [5.74, 6) is 1.17. The lowest BCUT2D eigenvalue weighted by Gasteiger charge is -2.35. The molecule has 1 aromatic rings. The molecule has 2 heterocycles. The molecule has 1 amide bonds. The van der Waals surface area contributed by atoms with Gasteiger partial charge in [-0.05, 0) is 6.07 Å². The van der Waals surface area contributed by atoms with E-state index in [1.54, 1.807) is 14.0 Å². The summed E-state index contributed by atoms with van der Waals surface area (Å²) < 4.78 is 5.03. The number of amides is 1. The van der Waals surface area contributed by atoms with E-state index in [9.17, 15) is 4.79 Å². The topological polar surface area (TPSA) is 57.7 Å². The van der Waals surface area contributed by atoms with Crippen LogP contribution in [-0.4, -0.2) is 62.2 Å². The molecule has 1 aliphatic rings. The van der Waals surface area contributed by atoms with E-state index in [2.05, 4.69) is 21.3 Å². The highest BCUT2D eigenvalue weighted by Gasteiger charge is 2.21. The summed E-state index contributed by atoms with van der Waals surface area (Å²) in [7, 11) is 1.70. The first-order valence-corrected chi connectivity index (χ1v) is 7.36.